The van der Waals surface area contributed by atoms with E-state index in [1.54, 1.807) is 0 Å². The van der Waals surface area contributed by atoms with Crippen molar-refractivity contribution in [2.45, 2.75) is 38.1 Å². The zero-order chi connectivity index (χ0) is 25.5. The minimum absolute atomic E-state index is 0.0591. The molecule has 0 saturated heterocycles. The molecule has 2 fully saturated rings. The SMILES string of the molecule is O=C(OCC(=O)N1N=C2/C(=C\c3ccc(Cl)cc3)CCC[C@@H]2[C@@H]1c1ccc(Cl)cc1)[C@@H]1C[C@H]2C=C[C@H]1C2. The Morgan fingerprint density at radius 2 is 1.73 bits per heavy atom. The molecule has 1 amide bonds. The highest BCUT2D eigenvalue weighted by atomic mass is 35.5. The van der Waals surface area contributed by atoms with Gasteiger partial charge in [-0.25, -0.2) is 5.01 Å². The normalized spacial score (nSPS) is 28.9. The largest absolute Gasteiger partial charge is 0.455 e. The Kier molecular flexibility index (Phi) is 6.68. The molecule has 0 aromatic heterocycles. The smallest absolute Gasteiger partial charge is 0.310 e. The molecule has 1 aliphatic heterocycles. The molecule has 2 aromatic carbocycles. The third-order valence-electron chi connectivity index (χ3n) is 8.10. The maximum absolute atomic E-state index is 13.5. The van der Waals surface area contributed by atoms with Gasteiger partial charge in [0.15, 0.2) is 6.61 Å². The van der Waals surface area contributed by atoms with Gasteiger partial charge in [-0.15, -0.1) is 0 Å². The molecule has 0 N–H and O–H groups in total. The molecule has 5 atom stereocenters. The number of amides is 1. The second-order valence-electron chi connectivity index (χ2n) is 10.4. The number of fused-ring (bicyclic) bond motifs is 3. The first-order valence-corrected chi connectivity index (χ1v) is 13.7. The van der Waals surface area contributed by atoms with Gasteiger partial charge in [0.25, 0.3) is 5.91 Å². The van der Waals surface area contributed by atoms with Crippen molar-refractivity contribution in [3.8, 4) is 0 Å². The summed E-state index contributed by atoms with van der Waals surface area (Å²) in [5.74, 6) is 0.0389. The minimum Gasteiger partial charge on any atom is -0.455 e. The molecule has 37 heavy (non-hydrogen) atoms. The number of hydrazone groups is 1. The number of esters is 1. The van der Waals surface area contributed by atoms with Crippen molar-refractivity contribution in [3.05, 3.63) is 87.4 Å². The van der Waals surface area contributed by atoms with Crippen LogP contribution in [0, 0.1) is 23.7 Å². The van der Waals surface area contributed by atoms with E-state index < -0.39 is 0 Å². The van der Waals surface area contributed by atoms with Gasteiger partial charge >= 0.3 is 5.97 Å². The summed E-state index contributed by atoms with van der Waals surface area (Å²) in [7, 11) is 0. The molecule has 2 saturated carbocycles. The molecule has 0 spiro atoms. The summed E-state index contributed by atoms with van der Waals surface area (Å²) in [5, 5.41) is 7.74. The Morgan fingerprint density at radius 3 is 2.41 bits per heavy atom. The van der Waals surface area contributed by atoms with E-state index in [-0.39, 0.29) is 42.3 Å². The van der Waals surface area contributed by atoms with Crippen molar-refractivity contribution in [1.82, 2.24) is 5.01 Å². The number of carbonyl (C=O) groups is 2. The van der Waals surface area contributed by atoms with Crippen LogP contribution in [0.1, 0.15) is 49.3 Å². The number of allylic oxidation sites excluding steroid dienone is 3. The van der Waals surface area contributed by atoms with Gasteiger partial charge in [-0.2, -0.15) is 5.10 Å². The summed E-state index contributed by atoms with van der Waals surface area (Å²) in [6.45, 7) is -0.305. The van der Waals surface area contributed by atoms with Gasteiger partial charge in [-0.1, -0.05) is 59.6 Å². The van der Waals surface area contributed by atoms with E-state index in [2.05, 4.69) is 18.2 Å². The number of ether oxygens (including phenoxy) is 1. The summed E-state index contributed by atoms with van der Waals surface area (Å²) >= 11 is 12.2. The van der Waals surface area contributed by atoms with Crippen molar-refractivity contribution >= 4 is 46.9 Å². The van der Waals surface area contributed by atoms with Crippen LogP contribution in [0.5, 0.6) is 0 Å². The Balaban J connectivity index is 1.26. The quantitative estimate of drug-likeness (QED) is 0.310. The number of halogens is 2. The van der Waals surface area contributed by atoms with Crippen molar-refractivity contribution in [2.75, 3.05) is 6.61 Å². The Bertz CT molecular complexity index is 1300. The average molecular weight is 535 g/mol. The van der Waals surface area contributed by atoms with Crippen LogP contribution in [0.2, 0.25) is 10.0 Å². The lowest BCUT2D eigenvalue weighted by atomic mass is 9.77. The van der Waals surface area contributed by atoms with Gasteiger partial charge in [-0.3, -0.25) is 9.59 Å². The average Bonchev–Trinajstić information content (AvgIpc) is 3.64. The Hall–Kier alpha value is -2.89. The molecule has 190 valence electrons. The van der Waals surface area contributed by atoms with Gasteiger partial charge in [0.1, 0.15) is 0 Å². The molecule has 1 heterocycles. The predicted molar refractivity (Wildman–Crippen MR) is 145 cm³/mol. The lowest BCUT2D eigenvalue weighted by Gasteiger charge is -2.29. The van der Waals surface area contributed by atoms with E-state index in [9.17, 15) is 9.59 Å². The first-order valence-electron chi connectivity index (χ1n) is 12.9. The molecule has 2 bridgehead atoms. The fourth-order valence-corrected chi connectivity index (χ4v) is 6.57. The first kappa shape index (κ1) is 24.4. The third kappa shape index (κ3) is 4.87. The number of nitrogens with zero attached hydrogens (tertiary/aromatic N) is 2. The molecule has 3 aliphatic carbocycles. The maximum Gasteiger partial charge on any atom is 0.310 e. The van der Waals surface area contributed by atoms with Crippen molar-refractivity contribution < 1.29 is 14.3 Å². The zero-order valence-electron chi connectivity index (χ0n) is 20.4. The lowest BCUT2D eigenvalue weighted by molar-refractivity contribution is -0.157. The second kappa shape index (κ2) is 10.1. The Labute approximate surface area is 226 Å². The highest BCUT2D eigenvalue weighted by Crippen LogP contribution is 2.45. The molecule has 7 heteroatoms. The molecule has 0 unspecified atom stereocenters. The summed E-state index contributed by atoms with van der Waals surface area (Å²) in [6, 6.07) is 15.0. The second-order valence-corrected chi connectivity index (χ2v) is 11.3. The van der Waals surface area contributed by atoms with Crippen LogP contribution in [0.15, 0.2) is 71.4 Å². The standard InChI is InChI=1S/C30H28Cl2N2O3/c31-23-10-5-18(6-11-23)14-22-2-1-3-25-28(22)33-34(29(25)20-8-12-24(32)13-9-20)27(35)17-37-30(36)26-16-19-4-7-21(26)15-19/h4-14,19,21,25-26,29H,1-3,15-17H2/b22-14-/t19-,21-,25-,26+,29-/m0/s1. The third-order valence-corrected chi connectivity index (χ3v) is 8.60. The lowest BCUT2D eigenvalue weighted by Crippen LogP contribution is -2.35. The van der Waals surface area contributed by atoms with E-state index in [4.69, 9.17) is 33.0 Å². The zero-order valence-corrected chi connectivity index (χ0v) is 21.9. The predicted octanol–water partition coefficient (Wildman–Crippen LogP) is 6.87. The summed E-state index contributed by atoms with van der Waals surface area (Å²) < 4.78 is 5.56. The summed E-state index contributed by atoms with van der Waals surface area (Å²) in [6.07, 6.45) is 11.1. The fraction of sp³-hybridized carbons (Fsp3) is 0.367. The molecule has 5 nitrogen and oxygen atoms in total. The molecule has 4 aliphatic rings. The molecule has 2 aromatic rings. The van der Waals surface area contributed by atoms with Gasteiger partial charge < -0.3 is 4.74 Å². The fourth-order valence-electron chi connectivity index (χ4n) is 6.32. The molecule has 0 radical (unpaired) electrons. The van der Waals surface area contributed by atoms with Crippen molar-refractivity contribution in [3.63, 3.8) is 0 Å². The highest BCUT2D eigenvalue weighted by molar-refractivity contribution is 6.30. The van der Waals surface area contributed by atoms with E-state index in [1.807, 2.05) is 48.5 Å². The van der Waals surface area contributed by atoms with Crippen LogP contribution in [0.4, 0.5) is 0 Å². The van der Waals surface area contributed by atoms with E-state index in [0.717, 1.165) is 54.5 Å². The van der Waals surface area contributed by atoms with Crippen LogP contribution >= 0.6 is 23.2 Å². The number of hydrogen-bond donors (Lipinski definition) is 0. The summed E-state index contributed by atoms with van der Waals surface area (Å²) in [4.78, 5) is 26.3. The molecular weight excluding hydrogens is 507 g/mol. The highest BCUT2D eigenvalue weighted by Gasteiger charge is 2.45. The van der Waals surface area contributed by atoms with Gasteiger partial charge in [0.2, 0.25) is 0 Å². The first-order chi connectivity index (χ1) is 18.0. The van der Waals surface area contributed by atoms with Crippen molar-refractivity contribution in [2.24, 2.45) is 28.8 Å². The minimum atomic E-state index is -0.306. The number of hydrogen-bond acceptors (Lipinski definition) is 4. The van der Waals surface area contributed by atoms with Crippen LogP contribution in [0.25, 0.3) is 6.08 Å². The Morgan fingerprint density at radius 1 is 1.00 bits per heavy atom. The van der Waals surface area contributed by atoms with Crippen LogP contribution in [0.3, 0.4) is 0 Å². The van der Waals surface area contributed by atoms with Gasteiger partial charge in [0.05, 0.1) is 17.7 Å². The van der Waals surface area contributed by atoms with Crippen LogP contribution in [-0.4, -0.2) is 29.2 Å². The van der Waals surface area contributed by atoms with E-state index >= 15 is 0 Å². The molecule has 6 rings (SSSR count). The molecular formula is C30H28Cl2N2O3. The van der Waals surface area contributed by atoms with Crippen LogP contribution in [-0.2, 0) is 14.3 Å². The van der Waals surface area contributed by atoms with Gasteiger partial charge in [-0.05, 0) is 91.0 Å². The maximum atomic E-state index is 13.5. The number of benzene rings is 2. The number of carbonyl (C=O) groups excluding carboxylic acids is 2. The van der Waals surface area contributed by atoms with E-state index in [1.165, 1.54) is 5.01 Å². The van der Waals surface area contributed by atoms with Crippen LogP contribution < -0.4 is 0 Å². The summed E-state index contributed by atoms with van der Waals surface area (Å²) in [5.41, 5.74) is 4.07. The topological polar surface area (TPSA) is 59.0 Å². The van der Waals surface area contributed by atoms with Crippen molar-refractivity contribution in [1.29, 1.82) is 0 Å². The van der Waals surface area contributed by atoms with E-state index in [0.29, 0.717) is 16.0 Å². The monoisotopic (exact) mass is 534 g/mol. The number of rotatable bonds is 5. The van der Waals surface area contributed by atoms with Gasteiger partial charge in [0, 0.05) is 16.0 Å².